The molecule has 178 valence electrons. The van der Waals surface area contributed by atoms with Gasteiger partial charge in [0, 0.05) is 36.3 Å². The Hall–Kier alpha value is -3.23. The lowest BCUT2D eigenvalue weighted by Gasteiger charge is -2.14. The Morgan fingerprint density at radius 3 is 2.12 bits per heavy atom. The fourth-order valence-corrected chi connectivity index (χ4v) is 2.79. The van der Waals surface area contributed by atoms with E-state index in [9.17, 15) is 31.1 Å². The van der Waals surface area contributed by atoms with Crippen molar-refractivity contribution >= 4 is 27.5 Å². The summed E-state index contributed by atoms with van der Waals surface area (Å²) in [4.78, 5) is 12.5. The molecule has 0 bridgehead atoms. The molecule has 0 aliphatic heterocycles. The smallest absolute Gasteiger partial charge is 0.422 e. The highest BCUT2D eigenvalue weighted by molar-refractivity contribution is 9.10. The predicted molar refractivity (Wildman–Crippen MR) is 105 cm³/mol. The molecular weight excluding hydrogens is 528 g/mol. The molecule has 0 unspecified atom stereocenters. The third kappa shape index (κ3) is 8.00. The molecule has 0 saturated carbocycles. The Bertz CT molecular complexity index is 1080. The second kappa shape index (κ2) is 9.72. The van der Waals surface area contributed by atoms with Crippen molar-refractivity contribution in [1.29, 1.82) is 0 Å². The number of benzene rings is 1. The molecular formula is C18H14BrF6N5O3. The molecule has 33 heavy (non-hydrogen) atoms. The molecule has 0 radical (unpaired) electrons. The van der Waals surface area contributed by atoms with Gasteiger partial charge in [0.1, 0.15) is 18.2 Å². The maximum atomic E-state index is 12.5. The predicted octanol–water partition coefficient (Wildman–Crippen LogP) is 4.48. The number of nitrogens with zero attached hydrogens (tertiary/aromatic N) is 4. The van der Waals surface area contributed by atoms with Crippen LogP contribution in [0.1, 0.15) is 10.5 Å². The number of alkyl halides is 6. The zero-order chi connectivity index (χ0) is 24.2. The first-order chi connectivity index (χ1) is 15.4. The summed E-state index contributed by atoms with van der Waals surface area (Å²) in [6, 6.07) is 4.26. The van der Waals surface area contributed by atoms with Crippen molar-refractivity contribution < 1.29 is 40.6 Å². The maximum Gasteiger partial charge on any atom is 0.422 e. The first-order valence-electron chi connectivity index (χ1n) is 8.93. The highest BCUT2D eigenvalue weighted by Crippen LogP contribution is 2.29. The Balaban J connectivity index is 1.74. The van der Waals surface area contributed by atoms with Crippen LogP contribution in [0, 0.1) is 0 Å². The topological polar surface area (TPSA) is 83.2 Å². The number of hydrogen-bond donors (Lipinski definition) is 1. The van der Waals surface area contributed by atoms with Crippen LogP contribution in [0.4, 0.5) is 32.0 Å². The van der Waals surface area contributed by atoms with Gasteiger partial charge < -0.3 is 14.8 Å². The van der Waals surface area contributed by atoms with Crippen LogP contribution in [0.5, 0.6) is 11.5 Å². The molecule has 15 heteroatoms. The minimum Gasteiger partial charge on any atom is -0.484 e. The van der Waals surface area contributed by atoms with Crippen molar-refractivity contribution in [1.82, 2.24) is 19.6 Å². The Kier molecular flexibility index (Phi) is 7.19. The molecule has 3 aromatic rings. The lowest BCUT2D eigenvalue weighted by molar-refractivity contribution is -0.153. The highest BCUT2D eigenvalue weighted by Gasteiger charge is 2.30. The van der Waals surface area contributed by atoms with Gasteiger partial charge in [-0.05, 0) is 22.0 Å². The van der Waals surface area contributed by atoms with E-state index in [-0.39, 0.29) is 18.1 Å². The second-order valence-electron chi connectivity index (χ2n) is 6.53. The third-order valence-electron chi connectivity index (χ3n) is 3.71. The number of aromatic nitrogens is 4. The van der Waals surface area contributed by atoms with E-state index in [1.807, 2.05) is 0 Å². The van der Waals surface area contributed by atoms with Gasteiger partial charge in [-0.3, -0.25) is 9.48 Å². The number of carbonyl (C=O) groups excluding carboxylic acids is 1. The second-order valence-corrected chi connectivity index (χ2v) is 7.45. The third-order valence-corrected chi connectivity index (χ3v) is 4.12. The Morgan fingerprint density at radius 2 is 1.61 bits per heavy atom. The van der Waals surface area contributed by atoms with E-state index in [0.717, 1.165) is 22.7 Å². The van der Waals surface area contributed by atoms with E-state index in [0.29, 0.717) is 0 Å². The molecule has 0 spiro atoms. The number of ether oxygens (including phenoxy) is 2. The lowest BCUT2D eigenvalue weighted by atomic mass is 10.2. The molecule has 0 fully saturated rings. The van der Waals surface area contributed by atoms with Gasteiger partial charge in [0.2, 0.25) is 0 Å². The van der Waals surface area contributed by atoms with Gasteiger partial charge in [-0.1, -0.05) is 0 Å². The van der Waals surface area contributed by atoms with E-state index in [1.54, 1.807) is 12.4 Å². The van der Waals surface area contributed by atoms with Crippen molar-refractivity contribution in [3.63, 3.8) is 0 Å². The fourth-order valence-electron chi connectivity index (χ4n) is 2.46. The van der Waals surface area contributed by atoms with Crippen LogP contribution in [0.25, 0.3) is 0 Å². The van der Waals surface area contributed by atoms with Gasteiger partial charge in [-0.2, -0.15) is 36.5 Å². The van der Waals surface area contributed by atoms with Crippen LogP contribution in [0.3, 0.4) is 0 Å². The quantitative estimate of drug-likeness (QED) is 0.425. The van der Waals surface area contributed by atoms with Crippen LogP contribution in [-0.4, -0.2) is 51.0 Å². The van der Waals surface area contributed by atoms with Crippen molar-refractivity contribution in [2.45, 2.75) is 19.0 Å². The van der Waals surface area contributed by atoms with Crippen LogP contribution in [0.15, 0.2) is 47.3 Å². The molecule has 1 N–H and O–H groups in total. The van der Waals surface area contributed by atoms with Gasteiger partial charge in [-0.25, -0.2) is 4.68 Å². The summed E-state index contributed by atoms with van der Waals surface area (Å²) in [6.07, 6.45) is -4.63. The van der Waals surface area contributed by atoms with Crippen molar-refractivity contribution in [2.24, 2.45) is 0 Å². The Morgan fingerprint density at radius 1 is 1.00 bits per heavy atom. The molecule has 0 atom stereocenters. The molecule has 2 aromatic heterocycles. The van der Waals surface area contributed by atoms with E-state index >= 15 is 0 Å². The summed E-state index contributed by atoms with van der Waals surface area (Å²) in [5, 5.41) is 10.5. The van der Waals surface area contributed by atoms with Gasteiger partial charge >= 0.3 is 12.4 Å². The van der Waals surface area contributed by atoms with Crippen molar-refractivity contribution in [2.75, 3.05) is 18.5 Å². The van der Waals surface area contributed by atoms with Gasteiger partial charge in [0.25, 0.3) is 5.91 Å². The summed E-state index contributed by atoms with van der Waals surface area (Å²) < 4.78 is 87.5. The van der Waals surface area contributed by atoms with Crippen LogP contribution >= 0.6 is 15.9 Å². The zero-order valence-electron chi connectivity index (χ0n) is 16.3. The number of halogens is 7. The summed E-state index contributed by atoms with van der Waals surface area (Å²) in [6.45, 7) is -3.18. The standard InChI is InChI=1S/C18H14BrF6N5O3/c19-11-6-26-30(7-11)10-29-2-1-15(28-29)16(31)27-12-3-13(32-8-17(20,21)22)5-14(4-12)33-9-18(23,24)25/h1-7H,8-10H2,(H,27,31). The molecule has 3 rings (SSSR count). The van der Waals surface area contributed by atoms with E-state index in [1.165, 1.54) is 21.6 Å². The van der Waals surface area contributed by atoms with E-state index < -0.39 is 43.0 Å². The van der Waals surface area contributed by atoms with E-state index in [4.69, 9.17) is 0 Å². The summed E-state index contributed by atoms with van der Waals surface area (Å²) in [5.41, 5.74) is -0.206. The summed E-state index contributed by atoms with van der Waals surface area (Å²) in [7, 11) is 0. The number of carbonyl (C=O) groups is 1. The van der Waals surface area contributed by atoms with E-state index in [2.05, 4.69) is 40.9 Å². The largest absolute Gasteiger partial charge is 0.484 e. The van der Waals surface area contributed by atoms with Crippen molar-refractivity contribution in [3.8, 4) is 11.5 Å². The fraction of sp³-hybridized carbons (Fsp3) is 0.278. The first kappa shape index (κ1) is 24.4. The number of anilines is 1. The number of amides is 1. The normalized spacial score (nSPS) is 12.0. The van der Waals surface area contributed by atoms with Crippen LogP contribution in [-0.2, 0) is 6.67 Å². The average molecular weight is 542 g/mol. The highest BCUT2D eigenvalue weighted by atomic mass is 79.9. The number of rotatable bonds is 8. The van der Waals surface area contributed by atoms with Gasteiger partial charge in [0.15, 0.2) is 18.9 Å². The number of hydrogen-bond acceptors (Lipinski definition) is 5. The molecule has 0 saturated heterocycles. The van der Waals surface area contributed by atoms with Gasteiger partial charge in [0.05, 0.1) is 10.7 Å². The minimum absolute atomic E-state index is 0.0550. The summed E-state index contributed by atoms with van der Waals surface area (Å²) in [5.74, 6) is -1.65. The molecule has 0 aliphatic carbocycles. The SMILES string of the molecule is O=C(Nc1cc(OCC(F)(F)F)cc(OCC(F)(F)F)c1)c1ccn(Cn2cc(Br)cn2)n1. The molecule has 0 aliphatic rings. The van der Waals surface area contributed by atoms with Crippen molar-refractivity contribution in [3.05, 3.63) is 53.0 Å². The molecule has 1 amide bonds. The molecule has 2 heterocycles. The molecule has 1 aromatic carbocycles. The average Bonchev–Trinajstić information content (AvgIpc) is 3.33. The lowest BCUT2D eigenvalue weighted by Crippen LogP contribution is -2.20. The number of nitrogens with one attached hydrogen (secondary N) is 1. The first-order valence-corrected chi connectivity index (χ1v) is 9.72. The Labute approximate surface area is 190 Å². The van der Waals surface area contributed by atoms with Gasteiger partial charge in [-0.15, -0.1) is 0 Å². The zero-order valence-corrected chi connectivity index (χ0v) is 17.9. The van der Waals surface area contributed by atoms with Crippen LogP contribution < -0.4 is 14.8 Å². The van der Waals surface area contributed by atoms with Crippen LogP contribution in [0.2, 0.25) is 0 Å². The summed E-state index contributed by atoms with van der Waals surface area (Å²) >= 11 is 3.24. The monoisotopic (exact) mass is 541 g/mol. The minimum atomic E-state index is -4.68. The maximum absolute atomic E-state index is 12.5. The molecule has 8 nitrogen and oxygen atoms in total.